The molecular weight excluding hydrogens is 304 g/mol. The standard InChI is InChI=1S/C16H21ClN2O3/c1-16(10-20,11-21)9-18(2)15(22)8-19-6-5-12-3-4-13(17)7-14(12)19/h3-7,20-21H,8-11H2,1-2H3. The molecule has 0 fully saturated rings. The molecule has 5 nitrogen and oxygen atoms in total. The van der Waals surface area contributed by atoms with Crippen molar-refractivity contribution in [3.63, 3.8) is 0 Å². The van der Waals surface area contributed by atoms with Crippen molar-refractivity contribution in [2.45, 2.75) is 13.5 Å². The predicted octanol–water partition coefficient (Wildman–Crippen LogP) is 1.74. The summed E-state index contributed by atoms with van der Waals surface area (Å²) in [7, 11) is 1.67. The van der Waals surface area contributed by atoms with E-state index in [4.69, 9.17) is 11.6 Å². The van der Waals surface area contributed by atoms with E-state index in [-0.39, 0.29) is 25.7 Å². The van der Waals surface area contributed by atoms with Gasteiger partial charge in [0.15, 0.2) is 0 Å². The normalized spacial score (nSPS) is 11.9. The van der Waals surface area contributed by atoms with E-state index in [0.29, 0.717) is 11.6 Å². The zero-order chi connectivity index (χ0) is 16.3. The lowest BCUT2D eigenvalue weighted by Crippen LogP contribution is -2.42. The van der Waals surface area contributed by atoms with Crippen LogP contribution in [0, 0.1) is 5.41 Å². The molecule has 1 amide bonds. The smallest absolute Gasteiger partial charge is 0.242 e. The summed E-state index contributed by atoms with van der Waals surface area (Å²) in [5, 5.41) is 20.3. The van der Waals surface area contributed by atoms with Gasteiger partial charge >= 0.3 is 0 Å². The van der Waals surface area contributed by atoms with E-state index in [2.05, 4.69) is 0 Å². The Labute approximate surface area is 134 Å². The highest BCUT2D eigenvalue weighted by atomic mass is 35.5. The zero-order valence-corrected chi connectivity index (χ0v) is 13.5. The zero-order valence-electron chi connectivity index (χ0n) is 12.8. The first-order valence-corrected chi connectivity index (χ1v) is 7.46. The Hall–Kier alpha value is -1.56. The van der Waals surface area contributed by atoms with Crippen LogP contribution in [0.15, 0.2) is 30.5 Å². The molecule has 6 heteroatoms. The third kappa shape index (κ3) is 3.61. The molecule has 2 rings (SSSR count). The number of aromatic nitrogens is 1. The molecular formula is C16H21ClN2O3. The van der Waals surface area contributed by atoms with Crippen molar-refractivity contribution in [1.29, 1.82) is 0 Å². The summed E-state index contributed by atoms with van der Waals surface area (Å²) in [6.45, 7) is 1.86. The van der Waals surface area contributed by atoms with Crippen LogP contribution < -0.4 is 0 Å². The Morgan fingerprint density at radius 3 is 2.64 bits per heavy atom. The quantitative estimate of drug-likeness (QED) is 0.850. The van der Waals surface area contributed by atoms with Gasteiger partial charge in [-0.3, -0.25) is 4.79 Å². The maximum atomic E-state index is 12.4. The highest BCUT2D eigenvalue weighted by molar-refractivity contribution is 6.31. The Balaban J connectivity index is 2.12. The molecule has 2 aromatic rings. The lowest BCUT2D eigenvalue weighted by Gasteiger charge is -2.30. The summed E-state index contributed by atoms with van der Waals surface area (Å²) in [6.07, 6.45) is 1.85. The first-order chi connectivity index (χ1) is 10.4. The van der Waals surface area contributed by atoms with Gasteiger partial charge in [0.2, 0.25) is 5.91 Å². The van der Waals surface area contributed by atoms with Crippen molar-refractivity contribution in [2.75, 3.05) is 26.8 Å². The lowest BCUT2D eigenvalue weighted by atomic mass is 9.92. The van der Waals surface area contributed by atoms with E-state index in [0.717, 1.165) is 10.9 Å². The van der Waals surface area contributed by atoms with Gasteiger partial charge in [0.25, 0.3) is 0 Å². The lowest BCUT2D eigenvalue weighted by molar-refractivity contribution is -0.132. The summed E-state index contributed by atoms with van der Waals surface area (Å²) in [5.41, 5.74) is 0.202. The van der Waals surface area contributed by atoms with Crippen molar-refractivity contribution in [2.24, 2.45) is 5.41 Å². The number of likely N-dealkylation sites (N-methyl/N-ethyl adjacent to an activating group) is 1. The van der Waals surface area contributed by atoms with E-state index in [1.807, 2.05) is 35.0 Å². The van der Waals surface area contributed by atoms with Gasteiger partial charge in [-0.2, -0.15) is 0 Å². The summed E-state index contributed by atoms with van der Waals surface area (Å²) >= 11 is 6.01. The molecule has 0 saturated carbocycles. The molecule has 2 N–H and O–H groups in total. The van der Waals surface area contributed by atoms with Gasteiger partial charge in [0.1, 0.15) is 6.54 Å². The van der Waals surface area contributed by atoms with Gasteiger partial charge in [0.05, 0.1) is 13.2 Å². The van der Waals surface area contributed by atoms with E-state index < -0.39 is 5.41 Å². The summed E-state index contributed by atoms with van der Waals surface area (Å²) in [6, 6.07) is 7.49. The number of rotatable bonds is 6. The minimum Gasteiger partial charge on any atom is -0.396 e. The van der Waals surface area contributed by atoms with Crippen molar-refractivity contribution in [3.05, 3.63) is 35.5 Å². The molecule has 0 spiro atoms. The third-order valence-corrected chi connectivity index (χ3v) is 4.08. The minimum atomic E-state index is -0.702. The minimum absolute atomic E-state index is 0.0920. The number of hydrogen-bond acceptors (Lipinski definition) is 3. The summed E-state index contributed by atoms with van der Waals surface area (Å²) < 4.78 is 1.84. The third-order valence-electron chi connectivity index (χ3n) is 3.85. The fourth-order valence-corrected chi connectivity index (χ4v) is 2.54. The van der Waals surface area contributed by atoms with Crippen LogP contribution in [-0.2, 0) is 11.3 Å². The second-order valence-electron chi connectivity index (χ2n) is 6.02. The van der Waals surface area contributed by atoms with Gasteiger partial charge in [-0.05, 0) is 23.6 Å². The average Bonchev–Trinajstić information content (AvgIpc) is 2.89. The molecule has 0 atom stereocenters. The molecule has 0 bridgehead atoms. The largest absolute Gasteiger partial charge is 0.396 e. The van der Waals surface area contributed by atoms with Gasteiger partial charge in [-0.25, -0.2) is 0 Å². The Morgan fingerprint density at radius 1 is 1.32 bits per heavy atom. The number of benzene rings is 1. The number of carbonyl (C=O) groups is 1. The number of hydrogen-bond donors (Lipinski definition) is 2. The van der Waals surface area contributed by atoms with Crippen LogP contribution in [-0.4, -0.2) is 52.4 Å². The highest BCUT2D eigenvalue weighted by Crippen LogP contribution is 2.21. The molecule has 0 radical (unpaired) electrons. The number of carbonyl (C=O) groups excluding carboxylic acids is 1. The van der Waals surface area contributed by atoms with Crippen LogP contribution in [0.2, 0.25) is 5.02 Å². The molecule has 0 saturated heterocycles. The maximum Gasteiger partial charge on any atom is 0.242 e. The molecule has 22 heavy (non-hydrogen) atoms. The van der Waals surface area contributed by atoms with Crippen LogP contribution in [0.1, 0.15) is 6.92 Å². The molecule has 120 valence electrons. The summed E-state index contributed by atoms with van der Waals surface area (Å²) in [5.74, 6) is -0.0920. The summed E-state index contributed by atoms with van der Waals surface area (Å²) in [4.78, 5) is 13.9. The number of amides is 1. The van der Waals surface area contributed by atoms with Crippen LogP contribution >= 0.6 is 11.6 Å². The fraction of sp³-hybridized carbons (Fsp3) is 0.438. The fourth-order valence-electron chi connectivity index (χ4n) is 2.37. The van der Waals surface area contributed by atoms with E-state index in [9.17, 15) is 15.0 Å². The first kappa shape index (κ1) is 16.8. The molecule has 0 aliphatic carbocycles. The highest BCUT2D eigenvalue weighted by Gasteiger charge is 2.26. The van der Waals surface area contributed by atoms with Crippen molar-refractivity contribution in [3.8, 4) is 0 Å². The Morgan fingerprint density at radius 2 is 2.00 bits per heavy atom. The van der Waals surface area contributed by atoms with Crippen molar-refractivity contribution >= 4 is 28.4 Å². The number of aliphatic hydroxyl groups excluding tert-OH is 2. The monoisotopic (exact) mass is 324 g/mol. The molecule has 1 aromatic heterocycles. The first-order valence-electron chi connectivity index (χ1n) is 7.08. The maximum absolute atomic E-state index is 12.4. The second-order valence-corrected chi connectivity index (χ2v) is 6.46. The molecule has 0 unspecified atom stereocenters. The SMILES string of the molecule is CN(CC(C)(CO)CO)C(=O)Cn1ccc2ccc(Cl)cc21. The molecule has 1 heterocycles. The van der Waals surface area contributed by atoms with E-state index in [1.165, 1.54) is 4.90 Å². The van der Waals surface area contributed by atoms with Crippen LogP contribution in [0.5, 0.6) is 0 Å². The molecule has 0 aliphatic heterocycles. The molecule has 0 aliphatic rings. The van der Waals surface area contributed by atoms with Crippen LogP contribution in [0.25, 0.3) is 10.9 Å². The van der Waals surface area contributed by atoms with Crippen LogP contribution in [0.3, 0.4) is 0 Å². The number of fused-ring (bicyclic) bond motifs is 1. The molecule has 1 aromatic carbocycles. The number of halogens is 1. The van der Waals surface area contributed by atoms with Gasteiger partial charge < -0.3 is 19.7 Å². The van der Waals surface area contributed by atoms with E-state index in [1.54, 1.807) is 14.0 Å². The van der Waals surface area contributed by atoms with Crippen LogP contribution in [0.4, 0.5) is 0 Å². The average molecular weight is 325 g/mol. The van der Waals surface area contributed by atoms with Crippen molar-refractivity contribution < 1.29 is 15.0 Å². The number of nitrogens with zero attached hydrogens (tertiary/aromatic N) is 2. The van der Waals surface area contributed by atoms with Gasteiger partial charge in [0, 0.05) is 35.7 Å². The predicted molar refractivity (Wildman–Crippen MR) is 86.9 cm³/mol. The Bertz CT molecular complexity index is 664. The van der Waals surface area contributed by atoms with Crippen molar-refractivity contribution in [1.82, 2.24) is 9.47 Å². The second kappa shape index (κ2) is 6.69. The topological polar surface area (TPSA) is 65.7 Å². The number of aliphatic hydroxyl groups is 2. The van der Waals surface area contributed by atoms with Gasteiger partial charge in [-0.15, -0.1) is 0 Å². The Kier molecular flexibility index (Phi) is 5.11. The van der Waals surface area contributed by atoms with E-state index >= 15 is 0 Å². The van der Waals surface area contributed by atoms with Gasteiger partial charge in [-0.1, -0.05) is 24.6 Å².